The summed E-state index contributed by atoms with van der Waals surface area (Å²) >= 11 is 0. The zero-order chi connectivity index (χ0) is 32.6. The molecule has 2 aromatic carbocycles. The topological polar surface area (TPSA) is 86.5 Å². The Bertz CT molecular complexity index is 1660. The minimum Gasteiger partial charge on any atom is -0.449 e. The van der Waals surface area contributed by atoms with E-state index in [1.54, 1.807) is 0 Å². The van der Waals surface area contributed by atoms with Crippen molar-refractivity contribution in [3.63, 3.8) is 0 Å². The van der Waals surface area contributed by atoms with Gasteiger partial charge in [-0.25, -0.2) is 14.5 Å². The average Bonchev–Trinajstić information content (AvgIpc) is 3.41. The number of rotatable bonds is 7. The second-order valence-electron chi connectivity index (χ2n) is 10.3. The molecule has 1 aliphatic carbocycles. The van der Waals surface area contributed by atoms with E-state index in [0.29, 0.717) is 16.4 Å². The molecule has 0 saturated heterocycles. The Labute approximate surface area is 250 Å². The van der Waals surface area contributed by atoms with Crippen molar-refractivity contribution in [2.45, 2.75) is 50.1 Å². The molecule has 1 fully saturated rings. The van der Waals surface area contributed by atoms with Gasteiger partial charge in [0.2, 0.25) is 0 Å². The lowest BCUT2D eigenvalue weighted by molar-refractivity contribution is -0.185. The molecule has 0 radical (unpaired) electrons. The highest BCUT2D eigenvalue weighted by Gasteiger charge is 2.43. The van der Waals surface area contributed by atoms with Crippen molar-refractivity contribution < 1.29 is 54.5 Å². The van der Waals surface area contributed by atoms with Gasteiger partial charge in [0, 0.05) is 5.56 Å². The molecular weight excluding hydrogens is 618 g/mol. The van der Waals surface area contributed by atoms with E-state index in [-0.39, 0.29) is 48.6 Å². The molecule has 15 heteroatoms. The van der Waals surface area contributed by atoms with Crippen LogP contribution in [0.4, 0.5) is 39.9 Å². The third-order valence-corrected chi connectivity index (χ3v) is 7.46. The summed E-state index contributed by atoms with van der Waals surface area (Å²) in [5.41, 5.74) is -1.50. The summed E-state index contributed by atoms with van der Waals surface area (Å²) < 4.78 is 121. The molecule has 2 heterocycles. The maximum absolute atomic E-state index is 15.4. The molecule has 0 bridgehead atoms. The van der Waals surface area contributed by atoms with Crippen LogP contribution >= 0.6 is 0 Å². The van der Waals surface area contributed by atoms with Crippen LogP contribution in [0.5, 0.6) is 11.5 Å². The first-order valence-electron chi connectivity index (χ1n) is 13.5. The lowest BCUT2D eigenvalue weighted by Gasteiger charge is -2.30. The number of nitrogens with zero attached hydrogens (tertiary/aromatic N) is 3. The highest BCUT2D eigenvalue weighted by molar-refractivity contribution is 5.68. The van der Waals surface area contributed by atoms with E-state index in [0.717, 1.165) is 18.2 Å². The summed E-state index contributed by atoms with van der Waals surface area (Å²) in [5, 5.41) is 12.4. The van der Waals surface area contributed by atoms with E-state index in [9.17, 15) is 31.1 Å². The number of carboxylic acid groups (broad SMARTS) is 1. The van der Waals surface area contributed by atoms with Gasteiger partial charge < -0.3 is 14.6 Å². The minimum absolute atomic E-state index is 0.000191. The Morgan fingerprint density at radius 1 is 0.822 bits per heavy atom. The van der Waals surface area contributed by atoms with E-state index in [4.69, 9.17) is 9.84 Å². The number of para-hydroxylation sites is 1. The van der Waals surface area contributed by atoms with Crippen LogP contribution in [0.15, 0.2) is 72.9 Å². The molecule has 4 aromatic rings. The van der Waals surface area contributed by atoms with E-state index in [1.807, 2.05) is 0 Å². The number of alkyl halides is 8. The predicted octanol–water partition coefficient (Wildman–Crippen LogP) is 8.97. The lowest BCUT2D eigenvalue weighted by atomic mass is 9.78. The standard InChI is InChI=1S/C30H23F8N3O4/c31-28(32,33)19-12-8-17(9-13-19)18-10-14-20(15-11-18)30(37,38)45-23-6-2-1-4-21(23)22-5-3-7-25(40-22)41-26(29(34,35)36)24(16-39-41)44-27(42)43/h1-7,10-11,14-17,19H,8-9,12-13H2,(H,42,43)/t17-,19-. The molecule has 1 N–H and O–H groups in total. The van der Waals surface area contributed by atoms with Crippen LogP contribution in [-0.2, 0) is 12.3 Å². The highest BCUT2D eigenvalue weighted by atomic mass is 19.4. The Balaban J connectivity index is 1.38. The van der Waals surface area contributed by atoms with E-state index >= 15 is 8.78 Å². The first-order valence-corrected chi connectivity index (χ1v) is 13.5. The Kier molecular flexibility index (Phi) is 8.47. The summed E-state index contributed by atoms with van der Waals surface area (Å²) in [7, 11) is 0. The fourth-order valence-electron chi connectivity index (χ4n) is 5.29. The Morgan fingerprint density at radius 3 is 2.11 bits per heavy atom. The van der Waals surface area contributed by atoms with Crippen LogP contribution in [-0.4, -0.2) is 32.2 Å². The minimum atomic E-state index is -5.10. The zero-order valence-corrected chi connectivity index (χ0v) is 22.9. The summed E-state index contributed by atoms with van der Waals surface area (Å²) in [6.07, 6.45) is -14.2. The number of ether oxygens (including phenoxy) is 2. The van der Waals surface area contributed by atoms with Gasteiger partial charge >= 0.3 is 24.6 Å². The van der Waals surface area contributed by atoms with Gasteiger partial charge in [0.05, 0.1) is 23.4 Å². The fraction of sp³-hybridized carbons (Fsp3) is 0.300. The molecule has 1 saturated carbocycles. The molecule has 0 atom stereocenters. The monoisotopic (exact) mass is 641 g/mol. The SMILES string of the molecule is O=C(O)Oc1cnn(-c2cccc(-c3ccccc3OC(F)(F)c3ccc([C@H]4CC[C@H](C(F)(F)F)CC4)cc3)n2)c1C(F)(F)F. The zero-order valence-electron chi connectivity index (χ0n) is 22.9. The molecule has 0 amide bonds. The van der Waals surface area contributed by atoms with Crippen LogP contribution in [0.1, 0.15) is 48.4 Å². The third kappa shape index (κ3) is 7.02. The van der Waals surface area contributed by atoms with E-state index in [1.165, 1.54) is 48.5 Å². The van der Waals surface area contributed by atoms with Gasteiger partial charge in [0.1, 0.15) is 5.75 Å². The van der Waals surface area contributed by atoms with Crippen molar-refractivity contribution in [3.8, 4) is 28.6 Å². The van der Waals surface area contributed by atoms with Crippen LogP contribution in [0.3, 0.4) is 0 Å². The Hall–Kier alpha value is -4.69. The van der Waals surface area contributed by atoms with Gasteiger partial charge in [-0.1, -0.05) is 30.3 Å². The van der Waals surface area contributed by atoms with Crippen molar-refractivity contribution in [3.05, 3.63) is 89.7 Å². The predicted molar refractivity (Wildman–Crippen MR) is 142 cm³/mol. The van der Waals surface area contributed by atoms with Crippen molar-refractivity contribution >= 4 is 6.16 Å². The van der Waals surface area contributed by atoms with Crippen molar-refractivity contribution in [1.82, 2.24) is 14.8 Å². The first-order chi connectivity index (χ1) is 21.1. The lowest BCUT2D eigenvalue weighted by Crippen LogP contribution is -2.27. The molecule has 2 aromatic heterocycles. The van der Waals surface area contributed by atoms with Crippen LogP contribution < -0.4 is 9.47 Å². The normalized spacial score (nSPS) is 17.6. The van der Waals surface area contributed by atoms with Crippen LogP contribution in [0, 0.1) is 5.92 Å². The van der Waals surface area contributed by atoms with Gasteiger partial charge in [-0.15, -0.1) is 0 Å². The van der Waals surface area contributed by atoms with E-state index < -0.39 is 53.4 Å². The van der Waals surface area contributed by atoms with Gasteiger partial charge in [-0.05, 0) is 73.6 Å². The van der Waals surface area contributed by atoms with Crippen LogP contribution in [0.2, 0.25) is 0 Å². The van der Waals surface area contributed by atoms with Gasteiger partial charge in [-0.3, -0.25) is 0 Å². The molecule has 1 aliphatic rings. The molecule has 7 nitrogen and oxygen atoms in total. The Morgan fingerprint density at radius 2 is 1.49 bits per heavy atom. The van der Waals surface area contributed by atoms with Crippen molar-refractivity contribution in [1.29, 1.82) is 0 Å². The average molecular weight is 642 g/mol. The summed E-state index contributed by atoms with van der Waals surface area (Å²) in [6.45, 7) is 0. The quantitative estimate of drug-likeness (QED) is 0.160. The van der Waals surface area contributed by atoms with Gasteiger partial charge in [0.25, 0.3) is 0 Å². The number of benzene rings is 2. The molecule has 238 valence electrons. The smallest absolute Gasteiger partial charge is 0.449 e. The second-order valence-corrected chi connectivity index (χ2v) is 10.3. The molecule has 5 rings (SSSR count). The second kappa shape index (κ2) is 12.0. The molecular formula is C30H23F8N3O4. The summed E-state index contributed by atoms with van der Waals surface area (Å²) in [5.74, 6) is -3.40. The molecule has 0 aliphatic heterocycles. The van der Waals surface area contributed by atoms with Crippen molar-refractivity contribution in [2.24, 2.45) is 5.92 Å². The largest absolute Gasteiger partial charge is 0.511 e. The molecule has 45 heavy (non-hydrogen) atoms. The maximum Gasteiger partial charge on any atom is 0.511 e. The summed E-state index contributed by atoms with van der Waals surface area (Å²) in [4.78, 5) is 15.0. The number of carbonyl (C=O) groups is 1. The number of hydrogen-bond acceptors (Lipinski definition) is 5. The fourth-order valence-corrected chi connectivity index (χ4v) is 5.29. The molecule has 0 spiro atoms. The van der Waals surface area contributed by atoms with Crippen molar-refractivity contribution in [2.75, 3.05) is 0 Å². The maximum atomic E-state index is 15.4. The number of pyridine rings is 1. The van der Waals surface area contributed by atoms with Crippen LogP contribution in [0.25, 0.3) is 17.1 Å². The van der Waals surface area contributed by atoms with Gasteiger partial charge in [-0.2, -0.15) is 40.2 Å². The number of aromatic nitrogens is 3. The van der Waals surface area contributed by atoms with Gasteiger partial charge in [0.15, 0.2) is 17.3 Å². The first kappa shape index (κ1) is 31.7. The van der Waals surface area contributed by atoms with E-state index in [2.05, 4.69) is 14.8 Å². The third-order valence-electron chi connectivity index (χ3n) is 7.46. The molecule has 0 unspecified atom stereocenters. The highest BCUT2D eigenvalue weighted by Crippen LogP contribution is 2.44. The number of halogens is 8. The summed E-state index contributed by atoms with van der Waals surface area (Å²) in [6, 6.07) is 14.4. The number of hydrogen-bond donors (Lipinski definition) is 1.